The standard InChI is InChI=1S/C32H42N2O6/c1-4-6-9-19-30(37)40-31(25-17-12-8-13-18-25)28(23-39-3)34-32(38)26(14-5-2)21-29(36)33-27(22-35)20-24-15-10-7-11-16-24/h4-5,7-8,10-13,15-18,26-28,31,35H,1-2,6,9,14,19-23H2,3H3,(H,33,36)(H,34,38). The molecule has 2 amide bonds. The van der Waals surface area contributed by atoms with Crippen molar-refractivity contribution in [1.82, 2.24) is 10.6 Å². The summed E-state index contributed by atoms with van der Waals surface area (Å²) < 4.78 is 11.2. The first kappa shape index (κ1) is 32.5. The van der Waals surface area contributed by atoms with Crippen molar-refractivity contribution < 1.29 is 29.0 Å². The van der Waals surface area contributed by atoms with Gasteiger partial charge in [-0.2, -0.15) is 0 Å². The quantitative estimate of drug-likeness (QED) is 0.138. The number of aliphatic hydroxyl groups is 1. The van der Waals surface area contributed by atoms with E-state index >= 15 is 0 Å². The minimum Gasteiger partial charge on any atom is -0.455 e. The topological polar surface area (TPSA) is 114 Å². The highest BCUT2D eigenvalue weighted by molar-refractivity contribution is 5.86. The van der Waals surface area contributed by atoms with Gasteiger partial charge in [0.15, 0.2) is 0 Å². The third kappa shape index (κ3) is 11.6. The Bertz CT molecular complexity index is 1060. The molecule has 2 rings (SSSR count). The van der Waals surface area contributed by atoms with E-state index in [9.17, 15) is 19.5 Å². The van der Waals surface area contributed by atoms with Crippen LogP contribution in [0.15, 0.2) is 86.0 Å². The number of nitrogens with one attached hydrogen (secondary N) is 2. The summed E-state index contributed by atoms with van der Waals surface area (Å²) in [5.74, 6) is -1.84. The van der Waals surface area contributed by atoms with Crippen LogP contribution in [0.3, 0.4) is 0 Å². The number of allylic oxidation sites excluding steroid dienone is 2. The van der Waals surface area contributed by atoms with Gasteiger partial charge >= 0.3 is 5.97 Å². The van der Waals surface area contributed by atoms with Gasteiger partial charge in [-0.15, -0.1) is 13.2 Å². The fourth-order valence-corrected chi connectivity index (χ4v) is 4.36. The van der Waals surface area contributed by atoms with Gasteiger partial charge in [-0.1, -0.05) is 72.8 Å². The van der Waals surface area contributed by atoms with Crippen molar-refractivity contribution in [2.45, 2.75) is 56.7 Å². The SMILES string of the molecule is C=CCCCC(=O)OC(c1ccccc1)C(COC)NC(=O)C(CC=C)CC(=O)NC(CO)Cc1ccccc1. The molecule has 0 radical (unpaired) electrons. The minimum atomic E-state index is -0.788. The van der Waals surface area contributed by atoms with E-state index in [1.807, 2.05) is 60.7 Å². The number of amides is 2. The molecule has 0 fully saturated rings. The molecule has 3 N–H and O–H groups in total. The Labute approximate surface area is 237 Å². The number of rotatable bonds is 19. The second-order valence-electron chi connectivity index (χ2n) is 9.63. The van der Waals surface area contributed by atoms with Crippen LogP contribution in [0.5, 0.6) is 0 Å². The Balaban J connectivity index is 2.13. The van der Waals surface area contributed by atoms with E-state index in [1.165, 1.54) is 7.11 Å². The highest BCUT2D eigenvalue weighted by atomic mass is 16.5. The lowest BCUT2D eigenvalue weighted by Gasteiger charge is -2.29. The summed E-state index contributed by atoms with van der Waals surface area (Å²) in [6, 6.07) is 17.5. The fraction of sp³-hybridized carbons (Fsp3) is 0.406. The van der Waals surface area contributed by atoms with Crippen LogP contribution in [0, 0.1) is 5.92 Å². The summed E-state index contributed by atoms with van der Waals surface area (Å²) in [5, 5.41) is 15.6. The molecule has 0 saturated heterocycles. The smallest absolute Gasteiger partial charge is 0.306 e. The molecule has 0 spiro atoms. The van der Waals surface area contributed by atoms with Crippen molar-refractivity contribution >= 4 is 17.8 Å². The summed E-state index contributed by atoms with van der Waals surface area (Å²) in [4.78, 5) is 39.0. The van der Waals surface area contributed by atoms with Crippen molar-refractivity contribution in [3.05, 3.63) is 97.1 Å². The molecule has 4 atom stereocenters. The first-order chi connectivity index (χ1) is 19.4. The Hall–Kier alpha value is -3.75. The molecule has 216 valence electrons. The first-order valence-corrected chi connectivity index (χ1v) is 13.6. The third-order valence-electron chi connectivity index (χ3n) is 6.38. The highest BCUT2D eigenvalue weighted by Crippen LogP contribution is 2.24. The molecule has 0 bridgehead atoms. The second kappa shape index (κ2) is 18.5. The van der Waals surface area contributed by atoms with Crippen LogP contribution < -0.4 is 10.6 Å². The molecular formula is C32H42N2O6. The maximum Gasteiger partial charge on any atom is 0.306 e. The maximum absolute atomic E-state index is 13.4. The molecule has 40 heavy (non-hydrogen) atoms. The second-order valence-corrected chi connectivity index (χ2v) is 9.63. The van der Waals surface area contributed by atoms with Gasteiger partial charge in [0.05, 0.1) is 31.2 Å². The van der Waals surface area contributed by atoms with Gasteiger partial charge in [0.25, 0.3) is 0 Å². The number of methoxy groups -OCH3 is 1. The largest absolute Gasteiger partial charge is 0.455 e. The van der Waals surface area contributed by atoms with E-state index in [0.29, 0.717) is 24.8 Å². The Morgan fingerprint density at radius 2 is 1.65 bits per heavy atom. The molecule has 0 aliphatic rings. The summed E-state index contributed by atoms with van der Waals surface area (Å²) in [7, 11) is 1.50. The van der Waals surface area contributed by atoms with Crippen molar-refractivity contribution in [2.24, 2.45) is 5.92 Å². The molecule has 0 aromatic heterocycles. The van der Waals surface area contributed by atoms with E-state index in [0.717, 1.165) is 5.56 Å². The summed E-state index contributed by atoms with van der Waals surface area (Å²) in [5.41, 5.74) is 1.70. The number of carbonyl (C=O) groups is 3. The van der Waals surface area contributed by atoms with Gasteiger partial charge in [-0.05, 0) is 36.8 Å². The van der Waals surface area contributed by atoms with E-state index in [1.54, 1.807) is 12.2 Å². The van der Waals surface area contributed by atoms with Gasteiger partial charge in [-0.25, -0.2) is 0 Å². The van der Waals surface area contributed by atoms with Crippen LogP contribution in [0.2, 0.25) is 0 Å². The molecule has 0 aliphatic heterocycles. The number of aliphatic hydroxyl groups excluding tert-OH is 1. The molecule has 0 heterocycles. The van der Waals surface area contributed by atoms with Crippen molar-refractivity contribution in [3.63, 3.8) is 0 Å². The van der Waals surface area contributed by atoms with Crippen LogP contribution in [0.1, 0.15) is 49.3 Å². The predicted octanol–water partition coefficient (Wildman–Crippen LogP) is 4.06. The van der Waals surface area contributed by atoms with Gasteiger partial charge in [0, 0.05) is 20.0 Å². The first-order valence-electron chi connectivity index (χ1n) is 13.6. The average molecular weight is 551 g/mol. The van der Waals surface area contributed by atoms with Crippen LogP contribution in [0.25, 0.3) is 0 Å². The van der Waals surface area contributed by atoms with Crippen molar-refractivity contribution in [3.8, 4) is 0 Å². The van der Waals surface area contributed by atoms with Crippen LogP contribution in [-0.2, 0) is 30.3 Å². The lowest BCUT2D eigenvalue weighted by Crippen LogP contribution is -2.47. The lowest BCUT2D eigenvalue weighted by atomic mass is 9.97. The number of hydrogen-bond donors (Lipinski definition) is 3. The Morgan fingerprint density at radius 3 is 2.25 bits per heavy atom. The van der Waals surface area contributed by atoms with Gasteiger partial charge < -0.3 is 25.2 Å². The van der Waals surface area contributed by atoms with Crippen LogP contribution in [0.4, 0.5) is 0 Å². The zero-order valence-corrected chi connectivity index (χ0v) is 23.3. The zero-order valence-electron chi connectivity index (χ0n) is 23.3. The van der Waals surface area contributed by atoms with Gasteiger partial charge in [-0.3, -0.25) is 14.4 Å². The average Bonchev–Trinajstić information content (AvgIpc) is 2.96. The zero-order chi connectivity index (χ0) is 29.2. The number of benzene rings is 2. The van der Waals surface area contributed by atoms with E-state index in [-0.39, 0.29) is 50.3 Å². The third-order valence-corrected chi connectivity index (χ3v) is 6.38. The number of unbranched alkanes of at least 4 members (excludes halogenated alkanes) is 1. The van der Waals surface area contributed by atoms with E-state index in [2.05, 4.69) is 23.8 Å². The molecule has 2 aromatic carbocycles. The van der Waals surface area contributed by atoms with Gasteiger partial charge in [0.1, 0.15) is 6.10 Å². The fourth-order valence-electron chi connectivity index (χ4n) is 4.36. The molecular weight excluding hydrogens is 508 g/mol. The van der Waals surface area contributed by atoms with Crippen molar-refractivity contribution in [1.29, 1.82) is 0 Å². The monoisotopic (exact) mass is 550 g/mol. The minimum absolute atomic E-state index is 0.0852. The van der Waals surface area contributed by atoms with Crippen molar-refractivity contribution in [2.75, 3.05) is 20.3 Å². The lowest BCUT2D eigenvalue weighted by molar-refractivity contribution is -0.153. The summed E-state index contributed by atoms with van der Waals surface area (Å²) in [6.45, 7) is 7.28. The number of ether oxygens (including phenoxy) is 2. The molecule has 2 aromatic rings. The van der Waals surface area contributed by atoms with Crippen LogP contribution in [-0.4, -0.2) is 55.3 Å². The number of carbonyl (C=O) groups excluding carboxylic acids is 3. The molecule has 8 heteroatoms. The summed E-state index contributed by atoms with van der Waals surface area (Å²) >= 11 is 0. The highest BCUT2D eigenvalue weighted by Gasteiger charge is 2.31. The molecule has 4 unspecified atom stereocenters. The van der Waals surface area contributed by atoms with Crippen LogP contribution >= 0.6 is 0 Å². The molecule has 0 saturated carbocycles. The van der Waals surface area contributed by atoms with Gasteiger partial charge in [0.2, 0.25) is 11.8 Å². The maximum atomic E-state index is 13.4. The predicted molar refractivity (Wildman–Crippen MR) is 155 cm³/mol. The molecule has 0 aliphatic carbocycles. The number of esters is 1. The molecule has 8 nitrogen and oxygen atoms in total. The Morgan fingerprint density at radius 1 is 0.975 bits per heavy atom. The normalized spacial score (nSPS) is 13.8. The van der Waals surface area contributed by atoms with E-state index < -0.39 is 24.1 Å². The Kier molecular flexibility index (Phi) is 15.0. The number of hydrogen-bond acceptors (Lipinski definition) is 6. The van der Waals surface area contributed by atoms with E-state index in [4.69, 9.17) is 9.47 Å². The summed E-state index contributed by atoms with van der Waals surface area (Å²) in [6.07, 6.45) is 4.70.